The summed E-state index contributed by atoms with van der Waals surface area (Å²) in [5.41, 5.74) is 5.41. The molecule has 1 heteroatoms. The van der Waals surface area contributed by atoms with Crippen LogP contribution in [-0.2, 0) is 0 Å². The smallest absolute Gasteiger partial charge is 0.0523 e. The van der Waals surface area contributed by atoms with Gasteiger partial charge in [-0.25, -0.2) is 0 Å². The van der Waals surface area contributed by atoms with E-state index in [1.54, 1.807) is 0 Å². The van der Waals surface area contributed by atoms with Gasteiger partial charge in [-0.3, -0.25) is 0 Å². The first-order valence-corrected chi connectivity index (χ1v) is 6.59. The number of hydrogen-bond donors (Lipinski definition) is 0. The van der Waals surface area contributed by atoms with E-state index >= 15 is 0 Å². The van der Waals surface area contributed by atoms with E-state index in [2.05, 4.69) is 68.7 Å². The van der Waals surface area contributed by atoms with E-state index < -0.39 is 0 Å². The Kier molecular flexibility index (Phi) is 2.44. The third kappa shape index (κ3) is 1.47. The van der Waals surface area contributed by atoms with E-state index in [0.717, 1.165) is 0 Å². The fourth-order valence-electron chi connectivity index (χ4n) is 2.93. The maximum atomic E-state index is 2.46. The van der Waals surface area contributed by atoms with Crippen molar-refractivity contribution >= 4 is 21.8 Å². The van der Waals surface area contributed by atoms with Gasteiger partial charge in [0.1, 0.15) is 0 Å². The molecule has 3 aromatic rings. The standard InChI is InChI=1S/C17H19N/c1-11(2)18-16-9-8-12(3)10-15(16)14-7-5-6-13(4)17(14)18/h5-11H,1-4H3. The van der Waals surface area contributed by atoms with E-state index in [9.17, 15) is 0 Å². The predicted octanol–water partition coefficient (Wildman–Crippen LogP) is 4.99. The molecule has 0 radical (unpaired) electrons. The number of para-hydroxylation sites is 1. The fraction of sp³-hybridized carbons (Fsp3) is 0.294. The predicted molar refractivity (Wildman–Crippen MR) is 79.3 cm³/mol. The van der Waals surface area contributed by atoms with Crippen LogP contribution in [0.5, 0.6) is 0 Å². The monoisotopic (exact) mass is 237 g/mol. The molecule has 0 aliphatic heterocycles. The Balaban J connectivity index is 2.61. The third-order valence-corrected chi connectivity index (χ3v) is 3.70. The van der Waals surface area contributed by atoms with Crippen LogP contribution in [0.25, 0.3) is 21.8 Å². The lowest BCUT2D eigenvalue weighted by Gasteiger charge is -2.12. The topological polar surface area (TPSA) is 4.93 Å². The second-order valence-electron chi connectivity index (χ2n) is 5.46. The van der Waals surface area contributed by atoms with E-state index in [1.807, 2.05) is 0 Å². The summed E-state index contributed by atoms with van der Waals surface area (Å²) >= 11 is 0. The normalized spacial score (nSPS) is 11.8. The highest BCUT2D eigenvalue weighted by molar-refractivity contribution is 6.09. The molecular formula is C17H19N. The van der Waals surface area contributed by atoms with E-state index in [1.165, 1.54) is 32.9 Å². The Morgan fingerprint density at radius 1 is 0.944 bits per heavy atom. The molecule has 18 heavy (non-hydrogen) atoms. The molecule has 0 N–H and O–H groups in total. The van der Waals surface area contributed by atoms with Crippen LogP contribution in [0, 0.1) is 13.8 Å². The van der Waals surface area contributed by atoms with Crippen molar-refractivity contribution in [1.29, 1.82) is 0 Å². The minimum absolute atomic E-state index is 0.480. The molecule has 0 aliphatic carbocycles. The number of aromatic nitrogens is 1. The molecule has 0 spiro atoms. The van der Waals surface area contributed by atoms with Gasteiger partial charge in [-0.2, -0.15) is 0 Å². The Hall–Kier alpha value is -1.76. The SMILES string of the molecule is Cc1ccc2c(c1)c1cccc(C)c1n2C(C)C. The van der Waals surface area contributed by atoms with Crippen molar-refractivity contribution in [3.8, 4) is 0 Å². The maximum absolute atomic E-state index is 2.46. The molecule has 0 saturated heterocycles. The lowest BCUT2D eigenvalue weighted by Crippen LogP contribution is -2.00. The summed E-state index contributed by atoms with van der Waals surface area (Å²) in [6.07, 6.45) is 0. The van der Waals surface area contributed by atoms with Crippen molar-refractivity contribution in [1.82, 2.24) is 4.57 Å². The van der Waals surface area contributed by atoms with E-state index in [4.69, 9.17) is 0 Å². The summed E-state index contributed by atoms with van der Waals surface area (Å²) in [6, 6.07) is 13.8. The molecular weight excluding hydrogens is 218 g/mol. The summed E-state index contributed by atoms with van der Waals surface area (Å²) < 4.78 is 2.46. The van der Waals surface area contributed by atoms with Crippen LogP contribution in [0.15, 0.2) is 36.4 Å². The maximum Gasteiger partial charge on any atom is 0.0523 e. The van der Waals surface area contributed by atoms with Gasteiger partial charge in [0.25, 0.3) is 0 Å². The van der Waals surface area contributed by atoms with Gasteiger partial charge in [0.2, 0.25) is 0 Å². The highest BCUT2D eigenvalue weighted by Crippen LogP contribution is 2.33. The molecule has 0 aliphatic rings. The average Bonchev–Trinajstić information content (AvgIpc) is 2.65. The van der Waals surface area contributed by atoms with Gasteiger partial charge in [-0.1, -0.05) is 29.8 Å². The Labute approximate surface area is 108 Å². The fourth-order valence-corrected chi connectivity index (χ4v) is 2.93. The molecule has 0 saturated carbocycles. The summed E-state index contributed by atoms with van der Waals surface area (Å²) in [5, 5.41) is 2.75. The lowest BCUT2D eigenvalue weighted by atomic mass is 10.1. The molecule has 1 heterocycles. The van der Waals surface area contributed by atoms with Crippen LogP contribution in [-0.4, -0.2) is 4.57 Å². The number of fused-ring (bicyclic) bond motifs is 3. The minimum atomic E-state index is 0.480. The van der Waals surface area contributed by atoms with E-state index in [-0.39, 0.29) is 0 Å². The molecule has 0 amide bonds. The lowest BCUT2D eigenvalue weighted by molar-refractivity contribution is 0.641. The molecule has 0 fully saturated rings. The molecule has 3 rings (SSSR count). The first-order valence-electron chi connectivity index (χ1n) is 6.59. The zero-order valence-electron chi connectivity index (χ0n) is 11.5. The van der Waals surface area contributed by atoms with Crippen molar-refractivity contribution in [2.45, 2.75) is 33.7 Å². The van der Waals surface area contributed by atoms with Gasteiger partial charge >= 0.3 is 0 Å². The molecule has 2 aromatic carbocycles. The summed E-state index contributed by atoms with van der Waals surface area (Å²) in [6.45, 7) is 8.87. The molecule has 0 bridgehead atoms. The van der Waals surface area contributed by atoms with Crippen LogP contribution in [0.1, 0.15) is 31.0 Å². The minimum Gasteiger partial charge on any atom is -0.338 e. The molecule has 0 atom stereocenters. The Bertz CT molecular complexity index is 732. The van der Waals surface area contributed by atoms with Crippen LogP contribution in [0.3, 0.4) is 0 Å². The number of rotatable bonds is 1. The zero-order chi connectivity index (χ0) is 12.9. The largest absolute Gasteiger partial charge is 0.338 e. The van der Waals surface area contributed by atoms with Gasteiger partial charge in [-0.05, 0) is 45.4 Å². The average molecular weight is 237 g/mol. The van der Waals surface area contributed by atoms with Gasteiger partial charge in [0.15, 0.2) is 0 Å². The van der Waals surface area contributed by atoms with Crippen LogP contribution >= 0.6 is 0 Å². The first-order chi connectivity index (χ1) is 8.59. The van der Waals surface area contributed by atoms with Crippen molar-refractivity contribution in [3.05, 3.63) is 47.5 Å². The van der Waals surface area contributed by atoms with Gasteiger partial charge in [0.05, 0.1) is 5.52 Å². The third-order valence-electron chi connectivity index (χ3n) is 3.70. The van der Waals surface area contributed by atoms with Crippen LogP contribution in [0.4, 0.5) is 0 Å². The van der Waals surface area contributed by atoms with E-state index in [0.29, 0.717) is 6.04 Å². The number of nitrogens with zero attached hydrogens (tertiary/aromatic N) is 1. The van der Waals surface area contributed by atoms with Gasteiger partial charge in [0, 0.05) is 22.3 Å². The summed E-state index contributed by atoms with van der Waals surface area (Å²) in [7, 11) is 0. The first kappa shape index (κ1) is 11.3. The molecule has 92 valence electrons. The number of aryl methyl sites for hydroxylation is 2. The summed E-state index contributed by atoms with van der Waals surface area (Å²) in [4.78, 5) is 0. The second-order valence-corrected chi connectivity index (χ2v) is 5.46. The highest BCUT2D eigenvalue weighted by atomic mass is 15.0. The van der Waals surface area contributed by atoms with Crippen molar-refractivity contribution in [2.24, 2.45) is 0 Å². The second kappa shape index (κ2) is 3.88. The number of hydrogen-bond acceptors (Lipinski definition) is 0. The van der Waals surface area contributed by atoms with Crippen LogP contribution < -0.4 is 0 Å². The number of benzene rings is 2. The van der Waals surface area contributed by atoms with Gasteiger partial charge in [-0.15, -0.1) is 0 Å². The van der Waals surface area contributed by atoms with Crippen molar-refractivity contribution < 1.29 is 0 Å². The zero-order valence-corrected chi connectivity index (χ0v) is 11.5. The summed E-state index contributed by atoms with van der Waals surface area (Å²) in [5.74, 6) is 0. The Morgan fingerprint density at radius 3 is 2.44 bits per heavy atom. The molecule has 1 aromatic heterocycles. The quantitative estimate of drug-likeness (QED) is 0.561. The molecule has 0 unspecified atom stereocenters. The van der Waals surface area contributed by atoms with Gasteiger partial charge < -0.3 is 4.57 Å². The van der Waals surface area contributed by atoms with Crippen molar-refractivity contribution in [3.63, 3.8) is 0 Å². The highest BCUT2D eigenvalue weighted by Gasteiger charge is 2.13. The molecule has 1 nitrogen and oxygen atoms in total. The van der Waals surface area contributed by atoms with Crippen molar-refractivity contribution in [2.75, 3.05) is 0 Å². The van der Waals surface area contributed by atoms with Crippen LogP contribution in [0.2, 0.25) is 0 Å². The Morgan fingerprint density at radius 2 is 1.72 bits per heavy atom.